The molecule has 1 aliphatic carbocycles. The Hall–Kier alpha value is -1.55. The molecule has 22 heavy (non-hydrogen) atoms. The highest BCUT2D eigenvalue weighted by Crippen LogP contribution is 2.23. The van der Waals surface area contributed by atoms with Gasteiger partial charge < -0.3 is 15.2 Å². The fourth-order valence-corrected chi connectivity index (χ4v) is 2.97. The van der Waals surface area contributed by atoms with Crippen LogP contribution in [-0.4, -0.2) is 30.3 Å². The fourth-order valence-electron chi connectivity index (χ4n) is 2.97. The second kappa shape index (κ2) is 8.79. The van der Waals surface area contributed by atoms with Gasteiger partial charge in [-0.05, 0) is 62.6 Å². The first-order valence-corrected chi connectivity index (χ1v) is 8.33. The number of amides is 1. The van der Waals surface area contributed by atoms with Crippen molar-refractivity contribution in [3.05, 3.63) is 29.8 Å². The molecular formula is C18H27NO3. The van der Waals surface area contributed by atoms with Crippen LogP contribution in [0.5, 0.6) is 5.75 Å². The summed E-state index contributed by atoms with van der Waals surface area (Å²) in [5, 5.41) is 12.2. The van der Waals surface area contributed by atoms with Crippen molar-refractivity contribution >= 4 is 5.91 Å². The van der Waals surface area contributed by atoms with E-state index in [0.717, 1.165) is 43.4 Å². The molecule has 1 amide bonds. The molecule has 0 bridgehead atoms. The number of aliphatic hydroxyl groups is 1. The molecule has 122 valence electrons. The lowest BCUT2D eigenvalue weighted by molar-refractivity contribution is -0.122. The van der Waals surface area contributed by atoms with Gasteiger partial charge in [-0.1, -0.05) is 12.1 Å². The molecule has 1 fully saturated rings. The second-order valence-electron chi connectivity index (χ2n) is 6.04. The van der Waals surface area contributed by atoms with E-state index in [0.29, 0.717) is 18.9 Å². The van der Waals surface area contributed by atoms with E-state index in [4.69, 9.17) is 9.84 Å². The molecule has 0 radical (unpaired) electrons. The number of nitrogens with one attached hydrogen (secondary N) is 1. The van der Waals surface area contributed by atoms with Gasteiger partial charge in [0, 0.05) is 19.1 Å². The van der Waals surface area contributed by atoms with Crippen molar-refractivity contribution in [1.29, 1.82) is 0 Å². The van der Waals surface area contributed by atoms with Crippen molar-refractivity contribution in [2.75, 3.05) is 13.2 Å². The fraction of sp³-hybridized carbons (Fsp3) is 0.611. The number of aliphatic hydroxyl groups excluding tert-OH is 1. The van der Waals surface area contributed by atoms with E-state index in [-0.39, 0.29) is 18.6 Å². The molecule has 1 saturated carbocycles. The molecular weight excluding hydrogens is 278 g/mol. The average Bonchev–Trinajstić information content (AvgIpc) is 2.55. The molecule has 4 heteroatoms. The zero-order valence-corrected chi connectivity index (χ0v) is 13.4. The third-order valence-corrected chi connectivity index (χ3v) is 4.35. The predicted molar refractivity (Wildman–Crippen MR) is 86.9 cm³/mol. The third-order valence-electron chi connectivity index (χ3n) is 4.35. The summed E-state index contributed by atoms with van der Waals surface area (Å²) < 4.78 is 5.41. The molecule has 0 unspecified atom stereocenters. The summed E-state index contributed by atoms with van der Waals surface area (Å²) in [6, 6.07) is 8.23. The number of hydrogen-bond donors (Lipinski definition) is 2. The Morgan fingerprint density at radius 1 is 1.23 bits per heavy atom. The minimum Gasteiger partial charge on any atom is -0.494 e. The number of aryl methyl sites for hydroxylation is 1. The predicted octanol–water partition coefficient (Wildman–Crippen LogP) is 2.69. The second-order valence-corrected chi connectivity index (χ2v) is 6.04. The first-order chi connectivity index (χ1) is 10.7. The van der Waals surface area contributed by atoms with Gasteiger partial charge in [-0.25, -0.2) is 0 Å². The van der Waals surface area contributed by atoms with E-state index >= 15 is 0 Å². The number of ether oxygens (including phenoxy) is 1. The quantitative estimate of drug-likeness (QED) is 0.814. The zero-order chi connectivity index (χ0) is 15.8. The maximum Gasteiger partial charge on any atom is 0.220 e. The summed E-state index contributed by atoms with van der Waals surface area (Å²) in [7, 11) is 0. The Labute approximate surface area is 132 Å². The number of rotatable bonds is 7. The van der Waals surface area contributed by atoms with E-state index in [2.05, 4.69) is 5.32 Å². The molecule has 0 spiro atoms. The van der Waals surface area contributed by atoms with Crippen LogP contribution in [0.3, 0.4) is 0 Å². The Balaban J connectivity index is 1.69. The highest BCUT2D eigenvalue weighted by atomic mass is 16.5. The van der Waals surface area contributed by atoms with Crippen LogP contribution in [0.1, 0.15) is 44.6 Å². The van der Waals surface area contributed by atoms with Gasteiger partial charge in [0.2, 0.25) is 5.91 Å². The lowest BCUT2D eigenvalue weighted by Gasteiger charge is -2.27. The van der Waals surface area contributed by atoms with Crippen molar-refractivity contribution in [1.82, 2.24) is 5.32 Å². The standard InChI is InChI=1S/C18H27NO3/c1-2-22-17-10-5-14(6-11-17)7-12-18(21)19-16-8-3-15(13-20)4-9-16/h5-6,10-11,15-16,20H,2-4,7-9,12-13H2,1H3,(H,19,21). The van der Waals surface area contributed by atoms with Crippen LogP contribution in [-0.2, 0) is 11.2 Å². The van der Waals surface area contributed by atoms with Gasteiger partial charge in [-0.15, -0.1) is 0 Å². The van der Waals surface area contributed by atoms with Crippen molar-refractivity contribution in [3.8, 4) is 5.75 Å². The van der Waals surface area contributed by atoms with Gasteiger partial charge in [0.15, 0.2) is 0 Å². The van der Waals surface area contributed by atoms with Crippen LogP contribution in [0.25, 0.3) is 0 Å². The van der Waals surface area contributed by atoms with Gasteiger partial charge in [0.1, 0.15) is 5.75 Å². The van der Waals surface area contributed by atoms with Gasteiger partial charge in [-0.2, -0.15) is 0 Å². The van der Waals surface area contributed by atoms with Crippen LogP contribution >= 0.6 is 0 Å². The number of hydrogen-bond acceptors (Lipinski definition) is 3. The molecule has 1 aliphatic rings. The normalized spacial score (nSPS) is 21.4. The zero-order valence-electron chi connectivity index (χ0n) is 13.4. The maximum atomic E-state index is 12.0. The Morgan fingerprint density at radius 2 is 1.91 bits per heavy atom. The van der Waals surface area contributed by atoms with E-state index in [1.807, 2.05) is 31.2 Å². The van der Waals surface area contributed by atoms with Crippen molar-refractivity contribution in [2.24, 2.45) is 5.92 Å². The van der Waals surface area contributed by atoms with E-state index < -0.39 is 0 Å². The van der Waals surface area contributed by atoms with Gasteiger partial charge in [0.25, 0.3) is 0 Å². The molecule has 0 aliphatic heterocycles. The highest BCUT2D eigenvalue weighted by molar-refractivity contribution is 5.76. The van der Waals surface area contributed by atoms with Gasteiger partial charge in [-0.3, -0.25) is 4.79 Å². The topological polar surface area (TPSA) is 58.6 Å². The van der Waals surface area contributed by atoms with Crippen molar-refractivity contribution < 1.29 is 14.6 Å². The summed E-state index contributed by atoms with van der Waals surface area (Å²) in [6.45, 7) is 2.91. The summed E-state index contributed by atoms with van der Waals surface area (Å²) in [4.78, 5) is 12.0. The average molecular weight is 305 g/mol. The van der Waals surface area contributed by atoms with Crippen LogP contribution < -0.4 is 10.1 Å². The molecule has 1 aromatic rings. The monoisotopic (exact) mass is 305 g/mol. The highest BCUT2D eigenvalue weighted by Gasteiger charge is 2.21. The SMILES string of the molecule is CCOc1ccc(CCC(=O)NC2CCC(CO)CC2)cc1. The summed E-state index contributed by atoms with van der Waals surface area (Å²) in [6.07, 6.45) is 5.28. The molecule has 1 aromatic carbocycles. The van der Waals surface area contributed by atoms with Crippen molar-refractivity contribution in [2.45, 2.75) is 51.5 Å². The number of benzene rings is 1. The lowest BCUT2D eigenvalue weighted by Crippen LogP contribution is -2.38. The van der Waals surface area contributed by atoms with Gasteiger partial charge in [0.05, 0.1) is 6.61 Å². The molecule has 0 heterocycles. The summed E-state index contributed by atoms with van der Waals surface area (Å²) >= 11 is 0. The Bertz CT molecular complexity index is 450. The van der Waals surface area contributed by atoms with E-state index in [1.54, 1.807) is 0 Å². The lowest BCUT2D eigenvalue weighted by atomic mass is 9.86. The minimum absolute atomic E-state index is 0.126. The van der Waals surface area contributed by atoms with Gasteiger partial charge >= 0.3 is 0 Å². The van der Waals surface area contributed by atoms with Crippen LogP contribution in [0, 0.1) is 5.92 Å². The first kappa shape index (κ1) is 16.8. The molecule has 2 N–H and O–H groups in total. The molecule has 0 aromatic heterocycles. The molecule has 0 saturated heterocycles. The van der Waals surface area contributed by atoms with Crippen LogP contribution in [0.4, 0.5) is 0 Å². The van der Waals surface area contributed by atoms with Crippen molar-refractivity contribution in [3.63, 3.8) is 0 Å². The first-order valence-electron chi connectivity index (χ1n) is 8.33. The summed E-state index contributed by atoms with van der Waals surface area (Å²) in [5.41, 5.74) is 1.16. The van der Waals surface area contributed by atoms with E-state index in [9.17, 15) is 4.79 Å². The molecule has 0 atom stereocenters. The maximum absolute atomic E-state index is 12.0. The smallest absolute Gasteiger partial charge is 0.220 e. The third kappa shape index (κ3) is 5.34. The minimum atomic E-state index is 0.126. The molecule has 2 rings (SSSR count). The number of carbonyl (C=O) groups excluding carboxylic acids is 1. The Kier molecular flexibility index (Phi) is 6.72. The molecule has 4 nitrogen and oxygen atoms in total. The Morgan fingerprint density at radius 3 is 2.50 bits per heavy atom. The van der Waals surface area contributed by atoms with E-state index in [1.165, 1.54) is 0 Å². The summed E-state index contributed by atoms with van der Waals surface area (Å²) in [5.74, 6) is 1.43. The number of carbonyl (C=O) groups is 1. The van der Waals surface area contributed by atoms with Crippen LogP contribution in [0.15, 0.2) is 24.3 Å². The van der Waals surface area contributed by atoms with Crippen LogP contribution in [0.2, 0.25) is 0 Å². The largest absolute Gasteiger partial charge is 0.494 e.